The van der Waals surface area contributed by atoms with Crippen molar-refractivity contribution in [2.45, 2.75) is 38.9 Å². The third kappa shape index (κ3) is 3.80. The molecule has 1 aliphatic heterocycles. The molecule has 0 atom stereocenters. The van der Waals surface area contributed by atoms with Gasteiger partial charge in [0.05, 0.1) is 11.2 Å². The van der Waals surface area contributed by atoms with Crippen LogP contribution in [0.15, 0.2) is 115 Å². The Labute approximate surface area is 230 Å². The van der Waals surface area contributed by atoms with Crippen LogP contribution in [0.25, 0.3) is 54.6 Å². The number of benzene rings is 6. The van der Waals surface area contributed by atoms with E-state index in [2.05, 4.69) is 143 Å². The smallest absolute Gasteiger partial charge is 0.399 e. The minimum Gasteiger partial charge on any atom is -0.399 e. The molecule has 1 fully saturated rings. The number of fused-ring (bicyclic) bond motifs is 3. The zero-order valence-electron chi connectivity index (χ0n) is 22.9. The molecule has 0 N–H and O–H groups in total. The molecular weight excluding hydrogens is 475 g/mol. The molecular formula is C36H31BO2. The second kappa shape index (κ2) is 8.81. The second-order valence-corrected chi connectivity index (χ2v) is 11.6. The van der Waals surface area contributed by atoms with Crippen molar-refractivity contribution in [1.29, 1.82) is 0 Å². The van der Waals surface area contributed by atoms with Gasteiger partial charge in [0.25, 0.3) is 0 Å². The Morgan fingerprint density at radius 3 is 1.49 bits per heavy atom. The lowest BCUT2D eigenvalue weighted by Crippen LogP contribution is -2.41. The Morgan fingerprint density at radius 2 is 0.923 bits per heavy atom. The van der Waals surface area contributed by atoms with Gasteiger partial charge >= 0.3 is 7.12 Å². The highest BCUT2D eigenvalue weighted by atomic mass is 16.7. The fourth-order valence-corrected chi connectivity index (χ4v) is 5.96. The van der Waals surface area contributed by atoms with Crippen molar-refractivity contribution in [3.05, 3.63) is 115 Å². The lowest BCUT2D eigenvalue weighted by atomic mass is 9.78. The van der Waals surface area contributed by atoms with E-state index < -0.39 is 0 Å². The van der Waals surface area contributed by atoms with E-state index in [-0.39, 0.29) is 18.3 Å². The molecule has 1 heterocycles. The van der Waals surface area contributed by atoms with E-state index in [1.54, 1.807) is 0 Å². The maximum Gasteiger partial charge on any atom is 0.494 e. The Morgan fingerprint density at radius 1 is 0.462 bits per heavy atom. The van der Waals surface area contributed by atoms with Crippen LogP contribution in [-0.4, -0.2) is 18.3 Å². The summed E-state index contributed by atoms with van der Waals surface area (Å²) in [5.41, 5.74) is 5.32. The summed E-state index contributed by atoms with van der Waals surface area (Å²) >= 11 is 0. The lowest BCUT2D eigenvalue weighted by molar-refractivity contribution is 0.00578. The monoisotopic (exact) mass is 506 g/mol. The largest absolute Gasteiger partial charge is 0.494 e. The van der Waals surface area contributed by atoms with Crippen LogP contribution in [-0.2, 0) is 9.31 Å². The maximum absolute atomic E-state index is 6.31. The van der Waals surface area contributed by atoms with Gasteiger partial charge in [0.15, 0.2) is 0 Å². The summed E-state index contributed by atoms with van der Waals surface area (Å²) in [6, 6.07) is 41.7. The highest BCUT2D eigenvalue weighted by Crippen LogP contribution is 2.45. The molecule has 0 spiro atoms. The predicted octanol–water partition coefficient (Wildman–Crippen LogP) is 8.78. The standard InChI is InChI=1S/C36H31BO2/c1-35(2)36(3,4)39-37(38-35)26-22-20-25(21-23-26)33-29-15-7-9-17-31(29)34(32-18-10-8-16-30(32)33)28-19-11-13-24-12-5-6-14-27(24)28/h5-23H,1-4H3. The van der Waals surface area contributed by atoms with Crippen LogP contribution < -0.4 is 5.46 Å². The molecule has 1 aliphatic rings. The summed E-state index contributed by atoms with van der Waals surface area (Å²) in [6.07, 6.45) is 0. The van der Waals surface area contributed by atoms with Crippen molar-refractivity contribution in [1.82, 2.24) is 0 Å². The molecule has 39 heavy (non-hydrogen) atoms. The molecule has 0 saturated carbocycles. The number of hydrogen-bond acceptors (Lipinski definition) is 2. The molecule has 0 unspecified atom stereocenters. The minimum atomic E-state index is -0.369. The van der Waals surface area contributed by atoms with Crippen LogP contribution >= 0.6 is 0 Å². The molecule has 2 nitrogen and oxygen atoms in total. The summed E-state index contributed by atoms with van der Waals surface area (Å²) in [4.78, 5) is 0. The van der Waals surface area contributed by atoms with Gasteiger partial charge in [0.1, 0.15) is 0 Å². The Kier molecular flexibility index (Phi) is 5.45. The topological polar surface area (TPSA) is 18.5 Å². The van der Waals surface area contributed by atoms with Gasteiger partial charge in [-0.1, -0.05) is 115 Å². The van der Waals surface area contributed by atoms with Crippen molar-refractivity contribution in [3.8, 4) is 22.3 Å². The van der Waals surface area contributed by atoms with Gasteiger partial charge in [-0.2, -0.15) is 0 Å². The molecule has 7 rings (SSSR count). The highest BCUT2D eigenvalue weighted by Gasteiger charge is 2.51. The van der Waals surface area contributed by atoms with E-state index in [0.29, 0.717) is 0 Å². The highest BCUT2D eigenvalue weighted by molar-refractivity contribution is 6.62. The number of hydrogen-bond donors (Lipinski definition) is 0. The van der Waals surface area contributed by atoms with E-state index in [9.17, 15) is 0 Å². The molecule has 0 amide bonds. The molecule has 190 valence electrons. The van der Waals surface area contributed by atoms with E-state index >= 15 is 0 Å². The molecule has 3 heteroatoms. The summed E-state index contributed by atoms with van der Waals surface area (Å²) in [5, 5.41) is 7.56. The first-order valence-electron chi connectivity index (χ1n) is 13.7. The van der Waals surface area contributed by atoms with Crippen molar-refractivity contribution in [2.24, 2.45) is 0 Å². The average Bonchev–Trinajstić information content (AvgIpc) is 3.18. The van der Waals surface area contributed by atoms with E-state index in [1.807, 2.05) is 0 Å². The SMILES string of the molecule is CC1(C)OB(c2ccc(-c3c4ccccc4c(-c4cccc5ccccc45)c4ccccc34)cc2)OC1(C)C. The fraction of sp³-hybridized carbons (Fsp3) is 0.167. The summed E-state index contributed by atoms with van der Waals surface area (Å²) in [7, 11) is -0.369. The molecule has 0 aromatic heterocycles. The van der Waals surface area contributed by atoms with Crippen LogP contribution in [0.3, 0.4) is 0 Å². The first-order chi connectivity index (χ1) is 18.8. The predicted molar refractivity (Wildman–Crippen MR) is 166 cm³/mol. The summed E-state index contributed by atoms with van der Waals surface area (Å²) < 4.78 is 12.6. The lowest BCUT2D eigenvalue weighted by Gasteiger charge is -2.32. The fourth-order valence-electron chi connectivity index (χ4n) is 5.96. The molecule has 0 bridgehead atoms. The average molecular weight is 506 g/mol. The summed E-state index contributed by atoms with van der Waals surface area (Å²) in [6.45, 7) is 8.38. The maximum atomic E-state index is 6.31. The van der Waals surface area contributed by atoms with Gasteiger partial charge in [-0.15, -0.1) is 0 Å². The normalized spacial score (nSPS) is 16.4. The Hall–Kier alpha value is -3.92. The van der Waals surface area contributed by atoms with Crippen LogP contribution in [0.4, 0.5) is 0 Å². The van der Waals surface area contributed by atoms with Crippen LogP contribution in [0, 0.1) is 0 Å². The van der Waals surface area contributed by atoms with Gasteiger partial charge in [-0.05, 0) is 87.7 Å². The van der Waals surface area contributed by atoms with E-state index in [0.717, 1.165) is 5.46 Å². The Balaban J connectivity index is 1.44. The van der Waals surface area contributed by atoms with Crippen LogP contribution in [0.1, 0.15) is 27.7 Å². The molecule has 0 radical (unpaired) electrons. The molecule has 1 saturated heterocycles. The molecule has 0 aliphatic carbocycles. The first-order valence-corrected chi connectivity index (χ1v) is 13.7. The van der Waals surface area contributed by atoms with Crippen molar-refractivity contribution >= 4 is 44.9 Å². The van der Waals surface area contributed by atoms with Gasteiger partial charge in [0.2, 0.25) is 0 Å². The minimum absolute atomic E-state index is 0.361. The second-order valence-electron chi connectivity index (χ2n) is 11.6. The van der Waals surface area contributed by atoms with Crippen LogP contribution in [0.5, 0.6) is 0 Å². The van der Waals surface area contributed by atoms with E-state index in [4.69, 9.17) is 9.31 Å². The summed E-state index contributed by atoms with van der Waals surface area (Å²) in [5.74, 6) is 0. The third-order valence-electron chi connectivity index (χ3n) is 8.72. The van der Waals surface area contributed by atoms with Gasteiger partial charge < -0.3 is 9.31 Å². The quantitative estimate of drug-likeness (QED) is 0.176. The van der Waals surface area contributed by atoms with Gasteiger partial charge in [-0.25, -0.2) is 0 Å². The van der Waals surface area contributed by atoms with Gasteiger partial charge in [-0.3, -0.25) is 0 Å². The Bertz CT molecular complexity index is 1790. The zero-order valence-corrected chi connectivity index (χ0v) is 22.9. The first kappa shape index (κ1) is 24.1. The van der Waals surface area contributed by atoms with Crippen molar-refractivity contribution in [2.75, 3.05) is 0 Å². The zero-order chi connectivity index (χ0) is 26.8. The van der Waals surface area contributed by atoms with E-state index in [1.165, 1.54) is 54.6 Å². The molecule has 6 aromatic rings. The van der Waals surface area contributed by atoms with Crippen LogP contribution in [0.2, 0.25) is 0 Å². The van der Waals surface area contributed by atoms with Crippen molar-refractivity contribution < 1.29 is 9.31 Å². The van der Waals surface area contributed by atoms with Gasteiger partial charge in [0, 0.05) is 0 Å². The molecule has 6 aromatic carbocycles. The van der Waals surface area contributed by atoms with Crippen molar-refractivity contribution in [3.63, 3.8) is 0 Å². The third-order valence-corrected chi connectivity index (χ3v) is 8.72. The number of rotatable bonds is 3.